The predicted octanol–water partition coefficient (Wildman–Crippen LogP) is 3.19. The second-order valence-corrected chi connectivity index (χ2v) is 8.20. The van der Waals surface area contributed by atoms with Crippen LogP contribution in [0.5, 0.6) is 0 Å². The highest BCUT2D eigenvalue weighted by molar-refractivity contribution is 5.81. The van der Waals surface area contributed by atoms with Crippen LogP contribution in [-0.2, 0) is 17.8 Å². The Kier molecular flexibility index (Phi) is 5.39. The van der Waals surface area contributed by atoms with Gasteiger partial charge in [0.1, 0.15) is 5.69 Å². The van der Waals surface area contributed by atoms with E-state index in [1.165, 1.54) is 0 Å². The Morgan fingerprint density at radius 2 is 2.12 bits per heavy atom. The lowest BCUT2D eigenvalue weighted by molar-refractivity contribution is -0.138. The largest absolute Gasteiger partial charge is 0.342 e. The van der Waals surface area contributed by atoms with Gasteiger partial charge in [0.05, 0.1) is 17.6 Å². The zero-order valence-electron chi connectivity index (χ0n) is 16.3. The number of aryl methyl sites for hydroxylation is 1. The van der Waals surface area contributed by atoms with Crippen molar-refractivity contribution in [2.75, 3.05) is 13.1 Å². The van der Waals surface area contributed by atoms with Crippen molar-refractivity contribution in [1.29, 1.82) is 0 Å². The SMILES string of the molecule is CCCn1nccc1-c1cncc(C[C@@H]2CCN(C(=O)C(C)(C)C)C2)n1. The molecule has 0 saturated carbocycles. The van der Waals surface area contributed by atoms with E-state index in [2.05, 4.69) is 17.0 Å². The van der Waals surface area contributed by atoms with Crippen LogP contribution in [0.25, 0.3) is 11.4 Å². The number of carbonyl (C=O) groups excluding carboxylic acids is 1. The lowest BCUT2D eigenvalue weighted by Gasteiger charge is -2.25. The van der Waals surface area contributed by atoms with E-state index in [0.29, 0.717) is 5.92 Å². The third-order valence-electron chi connectivity index (χ3n) is 4.81. The van der Waals surface area contributed by atoms with Gasteiger partial charge in [-0.15, -0.1) is 0 Å². The van der Waals surface area contributed by atoms with Gasteiger partial charge in [0.25, 0.3) is 0 Å². The molecule has 3 heterocycles. The molecule has 6 heteroatoms. The number of nitrogens with zero attached hydrogens (tertiary/aromatic N) is 5. The molecule has 140 valence electrons. The van der Waals surface area contributed by atoms with Crippen LogP contribution >= 0.6 is 0 Å². The summed E-state index contributed by atoms with van der Waals surface area (Å²) in [6, 6.07) is 1.99. The molecule has 0 unspecified atom stereocenters. The number of hydrogen-bond acceptors (Lipinski definition) is 4. The zero-order valence-corrected chi connectivity index (χ0v) is 16.3. The van der Waals surface area contributed by atoms with E-state index < -0.39 is 0 Å². The van der Waals surface area contributed by atoms with Gasteiger partial charge in [-0.05, 0) is 31.2 Å². The summed E-state index contributed by atoms with van der Waals surface area (Å²) in [6.45, 7) is 10.6. The lowest BCUT2D eigenvalue weighted by atomic mass is 9.95. The van der Waals surface area contributed by atoms with Gasteiger partial charge in [-0.1, -0.05) is 27.7 Å². The van der Waals surface area contributed by atoms with Crippen LogP contribution in [0.15, 0.2) is 24.7 Å². The van der Waals surface area contributed by atoms with Crippen molar-refractivity contribution < 1.29 is 4.79 Å². The molecule has 1 saturated heterocycles. The Hall–Kier alpha value is -2.24. The average molecular weight is 355 g/mol. The van der Waals surface area contributed by atoms with Crippen LogP contribution in [0.1, 0.15) is 46.2 Å². The van der Waals surface area contributed by atoms with Crippen molar-refractivity contribution in [3.05, 3.63) is 30.4 Å². The topological polar surface area (TPSA) is 63.9 Å². The number of carbonyl (C=O) groups is 1. The summed E-state index contributed by atoms with van der Waals surface area (Å²) in [6.07, 6.45) is 8.38. The van der Waals surface area contributed by atoms with Crippen molar-refractivity contribution in [2.45, 2.75) is 53.5 Å². The van der Waals surface area contributed by atoms with Gasteiger partial charge in [-0.3, -0.25) is 14.5 Å². The summed E-state index contributed by atoms with van der Waals surface area (Å²) in [4.78, 5) is 23.7. The highest BCUT2D eigenvalue weighted by Gasteiger charge is 2.32. The Morgan fingerprint density at radius 3 is 2.85 bits per heavy atom. The van der Waals surface area contributed by atoms with Gasteiger partial charge < -0.3 is 4.90 Å². The molecular weight excluding hydrogens is 326 g/mol. The molecular formula is C20H29N5O. The molecule has 0 aromatic carbocycles. The Labute approximate surface area is 155 Å². The Morgan fingerprint density at radius 1 is 1.31 bits per heavy atom. The van der Waals surface area contributed by atoms with Crippen molar-refractivity contribution in [1.82, 2.24) is 24.6 Å². The number of hydrogen-bond donors (Lipinski definition) is 0. The molecule has 0 spiro atoms. The second kappa shape index (κ2) is 7.56. The van der Waals surface area contributed by atoms with Gasteiger partial charge >= 0.3 is 0 Å². The van der Waals surface area contributed by atoms with Crippen molar-refractivity contribution in [2.24, 2.45) is 11.3 Å². The van der Waals surface area contributed by atoms with Gasteiger partial charge in [-0.2, -0.15) is 5.10 Å². The minimum atomic E-state index is -0.313. The van der Waals surface area contributed by atoms with E-state index >= 15 is 0 Å². The fraction of sp³-hybridized carbons (Fsp3) is 0.600. The summed E-state index contributed by atoms with van der Waals surface area (Å²) in [5.41, 5.74) is 2.56. The minimum Gasteiger partial charge on any atom is -0.342 e. The molecule has 0 N–H and O–H groups in total. The van der Waals surface area contributed by atoms with Gasteiger partial charge in [-0.25, -0.2) is 4.98 Å². The van der Waals surface area contributed by atoms with E-state index in [4.69, 9.17) is 4.98 Å². The first-order chi connectivity index (χ1) is 12.4. The van der Waals surface area contributed by atoms with Gasteiger partial charge in [0, 0.05) is 37.4 Å². The molecule has 1 aliphatic rings. The normalized spacial score (nSPS) is 17.7. The Bertz CT molecular complexity index is 762. The molecule has 2 aromatic rings. The molecule has 0 radical (unpaired) electrons. The van der Waals surface area contributed by atoms with Crippen LogP contribution < -0.4 is 0 Å². The zero-order chi connectivity index (χ0) is 18.7. The molecule has 1 aliphatic heterocycles. The fourth-order valence-electron chi connectivity index (χ4n) is 3.52. The second-order valence-electron chi connectivity index (χ2n) is 8.20. The molecule has 1 fully saturated rings. The van der Waals surface area contributed by atoms with Gasteiger partial charge in [0.2, 0.25) is 5.91 Å². The molecule has 1 amide bonds. The standard InChI is InChI=1S/C20H29N5O/c1-5-9-25-18(6-8-22-25)17-13-21-12-16(23-17)11-15-7-10-24(14-15)19(26)20(2,3)4/h6,8,12-13,15H,5,7,9-11,14H2,1-4H3/t15-/m0/s1. The number of rotatable bonds is 5. The third kappa shape index (κ3) is 4.11. The minimum absolute atomic E-state index is 0.239. The van der Waals surface area contributed by atoms with Crippen LogP contribution in [0, 0.1) is 11.3 Å². The van der Waals surface area contributed by atoms with Crippen molar-refractivity contribution in [3.8, 4) is 11.4 Å². The molecule has 0 aliphatic carbocycles. The molecule has 2 aromatic heterocycles. The summed E-state index contributed by atoms with van der Waals surface area (Å²) in [7, 11) is 0. The highest BCUT2D eigenvalue weighted by Crippen LogP contribution is 2.26. The molecule has 26 heavy (non-hydrogen) atoms. The van der Waals surface area contributed by atoms with Crippen LogP contribution in [0.3, 0.4) is 0 Å². The summed E-state index contributed by atoms with van der Waals surface area (Å²) in [5.74, 6) is 0.690. The fourth-order valence-corrected chi connectivity index (χ4v) is 3.52. The maximum atomic E-state index is 12.5. The summed E-state index contributed by atoms with van der Waals surface area (Å²) in [5, 5.41) is 4.37. The molecule has 1 atom stereocenters. The lowest BCUT2D eigenvalue weighted by Crippen LogP contribution is -2.38. The first-order valence-corrected chi connectivity index (χ1v) is 9.51. The highest BCUT2D eigenvalue weighted by atomic mass is 16.2. The number of likely N-dealkylation sites (tertiary alicyclic amines) is 1. The van der Waals surface area contributed by atoms with Gasteiger partial charge in [0.15, 0.2) is 0 Å². The summed E-state index contributed by atoms with van der Waals surface area (Å²) < 4.78 is 1.98. The Balaban J connectivity index is 1.68. The number of aromatic nitrogens is 4. The smallest absolute Gasteiger partial charge is 0.227 e. The summed E-state index contributed by atoms with van der Waals surface area (Å²) >= 11 is 0. The van der Waals surface area contributed by atoms with E-state index in [-0.39, 0.29) is 11.3 Å². The van der Waals surface area contributed by atoms with E-state index in [1.807, 2.05) is 48.8 Å². The quantitative estimate of drug-likeness (QED) is 0.826. The van der Waals surface area contributed by atoms with Crippen LogP contribution in [0.2, 0.25) is 0 Å². The van der Waals surface area contributed by atoms with E-state index in [9.17, 15) is 4.79 Å². The molecule has 0 bridgehead atoms. The maximum Gasteiger partial charge on any atom is 0.227 e. The first kappa shape index (κ1) is 18.5. The third-order valence-corrected chi connectivity index (χ3v) is 4.81. The van der Waals surface area contributed by atoms with E-state index in [1.54, 1.807) is 6.20 Å². The average Bonchev–Trinajstić information content (AvgIpc) is 3.23. The molecule has 3 rings (SSSR count). The van der Waals surface area contributed by atoms with Crippen molar-refractivity contribution >= 4 is 5.91 Å². The number of amides is 1. The molecule has 6 nitrogen and oxygen atoms in total. The predicted molar refractivity (Wildman–Crippen MR) is 101 cm³/mol. The first-order valence-electron chi connectivity index (χ1n) is 9.51. The van der Waals surface area contributed by atoms with Crippen LogP contribution in [0.4, 0.5) is 0 Å². The monoisotopic (exact) mass is 355 g/mol. The van der Waals surface area contributed by atoms with E-state index in [0.717, 1.165) is 56.0 Å². The maximum absolute atomic E-state index is 12.5. The van der Waals surface area contributed by atoms with Crippen molar-refractivity contribution in [3.63, 3.8) is 0 Å². The van der Waals surface area contributed by atoms with Crippen LogP contribution in [-0.4, -0.2) is 43.6 Å².